The van der Waals surface area contributed by atoms with E-state index >= 15 is 0 Å². The zero-order chi connectivity index (χ0) is 33.4. The van der Waals surface area contributed by atoms with Gasteiger partial charge in [0.05, 0.1) is 24.7 Å². The van der Waals surface area contributed by atoms with Crippen LogP contribution in [0.25, 0.3) is 5.69 Å². The third-order valence-corrected chi connectivity index (χ3v) is 9.67. The van der Waals surface area contributed by atoms with Gasteiger partial charge in [-0.25, -0.2) is 17.8 Å². The zero-order valence-electron chi connectivity index (χ0n) is 25.7. The molecule has 252 valence electrons. The Hall–Kier alpha value is -3.96. The lowest BCUT2D eigenvalue weighted by atomic mass is 10.1. The van der Waals surface area contributed by atoms with Crippen molar-refractivity contribution in [3.8, 4) is 5.69 Å². The minimum atomic E-state index is -3.98. The summed E-state index contributed by atoms with van der Waals surface area (Å²) in [7, 11) is -3.98. The molecular formula is C30H38ClN9O6S. The average molecular weight is 688 g/mol. The number of nitrogens with two attached hydrogens (primary N) is 1. The van der Waals surface area contributed by atoms with Gasteiger partial charge >= 0.3 is 0 Å². The van der Waals surface area contributed by atoms with Crippen molar-refractivity contribution in [2.75, 3.05) is 32.8 Å². The fraction of sp³-hybridized carbons (Fsp3) is 0.467. The molecule has 3 amide bonds. The lowest BCUT2D eigenvalue weighted by Gasteiger charge is -2.29. The maximum Gasteiger partial charge on any atom is 0.243 e. The first kappa shape index (κ1) is 34.4. The van der Waals surface area contributed by atoms with Crippen molar-refractivity contribution >= 4 is 39.3 Å². The number of rotatable bonds is 13. The monoisotopic (exact) mass is 687 g/mol. The minimum Gasteiger partial charge on any atom is -0.378 e. The van der Waals surface area contributed by atoms with E-state index in [1.54, 1.807) is 53.4 Å². The van der Waals surface area contributed by atoms with Crippen LogP contribution in [0.3, 0.4) is 0 Å². The molecule has 3 atom stereocenters. The molecule has 0 bridgehead atoms. The number of likely N-dealkylation sites (tertiary alicyclic amines) is 1. The van der Waals surface area contributed by atoms with Gasteiger partial charge in [0, 0.05) is 43.7 Å². The standard InChI is InChI=1S/C30H38ClN9O6S/c31-23-9-10-26(40-20-34-36-37-40)22(15-23)17-33-29(42)27-16-24(32)18-39(27)30(43)25(7-4-8-28(41)38-11-13-46-14-12-38)35-47(44,45)19-21-5-2-1-3-6-21/h1-3,5-6,9-10,15,20,24-25,27,35H,4,7-8,11-14,16-19,32H2,(H,33,42)/t24-,25+,27-/m0/s1. The molecule has 2 fully saturated rings. The average Bonchev–Trinajstić information content (AvgIpc) is 3.74. The Morgan fingerprint density at radius 1 is 1.11 bits per heavy atom. The Morgan fingerprint density at radius 3 is 2.60 bits per heavy atom. The molecule has 5 rings (SSSR count). The van der Waals surface area contributed by atoms with Crippen LogP contribution in [0.4, 0.5) is 0 Å². The summed E-state index contributed by atoms with van der Waals surface area (Å²) >= 11 is 6.22. The number of benzene rings is 2. The van der Waals surface area contributed by atoms with E-state index in [1.807, 2.05) is 0 Å². The molecule has 0 spiro atoms. The molecule has 3 heterocycles. The number of carbonyl (C=O) groups is 3. The van der Waals surface area contributed by atoms with Crippen LogP contribution in [0.1, 0.15) is 36.8 Å². The minimum absolute atomic E-state index is 0.0547. The first-order chi connectivity index (χ1) is 22.6. The molecule has 0 saturated carbocycles. The van der Waals surface area contributed by atoms with Crippen molar-refractivity contribution < 1.29 is 27.5 Å². The quantitative estimate of drug-likeness (QED) is 0.226. The van der Waals surface area contributed by atoms with Gasteiger partial charge in [-0.15, -0.1) is 5.10 Å². The predicted molar refractivity (Wildman–Crippen MR) is 171 cm³/mol. The highest BCUT2D eigenvalue weighted by Crippen LogP contribution is 2.22. The Balaban J connectivity index is 1.29. The molecule has 2 aliphatic heterocycles. The number of ether oxygens (including phenoxy) is 1. The van der Waals surface area contributed by atoms with Crippen LogP contribution in [0, 0.1) is 0 Å². The molecule has 1 aromatic heterocycles. The van der Waals surface area contributed by atoms with Gasteiger partial charge in [-0.3, -0.25) is 14.4 Å². The second-order valence-corrected chi connectivity index (χ2v) is 13.7. The van der Waals surface area contributed by atoms with Crippen LogP contribution in [0.2, 0.25) is 5.02 Å². The molecule has 15 nitrogen and oxygen atoms in total. The van der Waals surface area contributed by atoms with Gasteiger partial charge in [-0.2, -0.15) is 0 Å². The van der Waals surface area contributed by atoms with Crippen molar-refractivity contribution in [2.24, 2.45) is 5.73 Å². The molecule has 2 saturated heterocycles. The fourth-order valence-corrected chi connectivity index (χ4v) is 7.33. The van der Waals surface area contributed by atoms with Gasteiger partial charge in [-0.1, -0.05) is 41.9 Å². The Labute approximate surface area is 277 Å². The lowest BCUT2D eigenvalue weighted by molar-refractivity contribution is -0.140. The van der Waals surface area contributed by atoms with Crippen LogP contribution < -0.4 is 15.8 Å². The van der Waals surface area contributed by atoms with Gasteiger partial charge < -0.3 is 25.6 Å². The highest BCUT2D eigenvalue weighted by Gasteiger charge is 2.41. The summed E-state index contributed by atoms with van der Waals surface area (Å²) in [4.78, 5) is 43.4. The summed E-state index contributed by atoms with van der Waals surface area (Å²) in [5.74, 6) is -1.46. The molecule has 0 unspecified atom stereocenters. The SMILES string of the molecule is N[C@H]1C[C@@H](C(=O)NCc2cc(Cl)ccc2-n2cnnn2)N(C(=O)[C@@H](CCCC(=O)N2CCOCC2)NS(=O)(=O)Cc2ccccc2)C1. The van der Waals surface area contributed by atoms with Gasteiger partial charge in [0.25, 0.3) is 0 Å². The lowest BCUT2D eigenvalue weighted by Crippen LogP contribution is -2.53. The summed E-state index contributed by atoms with van der Waals surface area (Å²) in [6, 6.07) is 11.0. The van der Waals surface area contributed by atoms with Crippen LogP contribution >= 0.6 is 11.6 Å². The molecule has 3 aromatic rings. The summed E-state index contributed by atoms with van der Waals surface area (Å²) < 4.78 is 35.9. The Morgan fingerprint density at radius 2 is 1.87 bits per heavy atom. The summed E-state index contributed by atoms with van der Waals surface area (Å²) in [6.45, 7) is 2.01. The molecule has 2 aromatic carbocycles. The van der Waals surface area contributed by atoms with E-state index in [0.717, 1.165) is 0 Å². The summed E-state index contributed by atoms with van der Waals surface area (Å²) in [5, 5.41) is 14.5. The number of hydrogen-bond donors (Lipinski definition) is 3. The van der Waals surface area contributed by atoms with E-state index in [2.05, 4.69) is 25.6 Å². The fourth-order valence-electron chi connectivity index (χ4n) is 5.76. The summed E-state index contributed by atoms with van der Waals surface area (Å²) in [5.41, 5.74) is 8.04. The number of tetrazole rings is 1. The second kappa shape index (κ2) is 15.8. The highest BCUT2D eigenvalue weighted by atomic mass is 35.5. The van der Waals surface area contributed by atoms with Gasteiger partial charge in [0.1, 0.15) is 18.4 Å². The van der Waals surface area contributed by atoms with Crippen molar-refractivity contribution in [1.82, 2.24) is 40.0 Å². The zero-order valence-corrected chi connectivity index (χ0v) is 27.3. The molecule has 0 radical (unpaired) electrons. The van der Waals surface area contributed by atoms with E-state index in [0.29, 0.717) is 48.1 Å². The molecule has 2 aliphatic rings. The Bertz CT molecular complexity index is 1640. The smallest absolute Gasteiger partial charge is 0.243 e. The van der Waals surface area contributed by atoms with Crippen molar-refractivity contribution in [2.45, 2.75) is 56.1 Å². The number of morpholine rings is 1. The maximum atomic E-state index is 14.1. The number of amides is 3. The van der Waals surface area contributed by atoms with E-state index in [9.17, 15) is 22.8 Å². The topological polar surface area (TPSA) is 195 Å². The normalized spacial score (nSPS) is 19.0. The molecule has 0 aliphatic carbocycles. The number of hydrogen-bond acceptors (Lipinski definition) is 10. The van der Waals surface area contributed by atoms with Crippen molar-refractivity contribution in [3.63, 3.8) is 0 Å². The van der Waals surface area contributed by atoms with Gasteiger partial charge in [0.2, 0.25) is 27.7 Å². The van der Waals surface area contributed by atoms with Crippen molar-refractivity contribution in [1.29, 1.82) is 0 Å². The van der Waals surface area contributed by atoms with Crippen LogP contribution in [0.5, 0.6) is 0 Å². The third kappa shape index (κ3) is 9.32. The van der Waals surface area contributed by atoms with E-state index in [1.165, 1.54) is 15.9 Å². The number of nitrogens with zero attached hydrogens (tertiary/aromatic N) is 6. The first-order valence-electron chi connectivity index (χ1n) is 15.3. The molecule has 17 heteroatoms. The molecule has 4 N–H and O–H groups in total. The molecular weight excluding hydrogens is 650 g/mol. The number of halogens is 1. The van der Waals surface area contributed by atoms with E-state index < -0.39 is 40.0 Å². The van der Waals surface area contributed by atoms with Gasteiger partial charge in [0.15, 0.2) is 0 Å². The largest absolute Gasteiger partial charge is 0.378 e. The second-order valence-electron chi connectivity index (χ2n) is 11.5. The number of aromatic nitrogens is 4. The number of sulfonamides is 1. The van der Waals surface area contributed by atoms with Gasteiger partial charge in [-0.05, 0) is 59.0 Å². The van der Waals surface area contributed by atoms with E-state index in [4.69, 9.17) is 22.1 Å². The van der Waals surface area contributed by atoms with E-state index in [-0.39, 0.29) is 50.4 Å². The van der Waals surface area contributed by atoms with Crippen LogP contribution in [-0.2, 0) is 41.4 Å². The van der Waals surface area contributed by atoms with Crippen LogP contribution in [-0.4, -0.2) is 107 Å². The predicted octanol–water partition coefficient (Wildman–Crippen LogP) is 0.377. The highest BCUT2D eigenvalue weighted by molar-refractivity contribution is 7.88. The maximum absolute atomic E-state index is 14.1. The Kier molecular flexibility index (Phi) is 11.5. The summed E-state index contributed by atoms with van der Waals surface area (Å²) in [6.07, 6.45) is 2.05. The first-order valence-corrected chi connectivity index (χ1v) is 17.4. The number of nitrogens with one attached hydrogen (secondary N) is 2. The van der Waals surface area contributed by atoms with Crippen molar-refractivity contribution in [3.05, 3.63) is 71.0 Å². The third-order valence-electron chi connectivity index (χ3n) is 8.08. The van der Waals surface area contributed by atoms with Crippen LogP contribution in [0.15, 0.2) is 54.9 Å². The molecule has 47 heavy (non-hydrogen) atoms. The number of carbonyl (C=O) groups excluding carboxylic acids is 3.